The normalized spacial score (nSPS) is 11.3. The van der Waals surface area contributed by atoms with E-state index in [1.165, 1.54) is 0 Å². The highest BCUT2D eigenvalue weighted by molar-refractivity contribution is 6.23. The number of nitrogens with zero attached hydrogens (tertiary/aromatic N) is 7. The third kappa shape index (κ3) is 4.09. The predicted molar refractivity (Wildman–Crippen MR) is 189 cm³/mol. The predicted octanol–water partition coefficient (Wildman–Crippen LogP) is 9.14. The lowest BCUT2D eigenvalue weighted by atomic mass is 10.1. The van der Waals surface area contributed by atoms with E-state index in [1.54, 1.807) is 12.1 Å². The smallest absolute Gasteiger partial charge is 0.238 e. The van der Waals surface area contributed by atoms with Crippen molar-refractivity contribution in [3.05, 3.63) is 151 Å². The zero-order valence-corrected chi connectivity index (χ0v) is 25.4. The molecular formula is C41H23N7. The van der Waals surface area contributed by atoms with E-state index in [-0.39, 0.29) is 0 Å². The molecular weight excluding hydrogens is 591 g/mol. The van der Waals surface area contributed by atoms with Crippen molar-refractivity contribution < 1.29 is 0 Å². The van der Waals surface area contributed by atoms with E-state index in [1.807, 2.05) is 91.0 Å². The second-order valence-electron chi connectivity index (χ2n) is 11.5. The first-order chi connectivity index (χ1) is 23.7. The van der Waals surface area contributed by atoms with Crippen LogP contribution in [0, 0.1) is 22.7 Å². The Kier molecular flexibility index (Phi) is 6.11. The van der Waals surface area contributed by atoms with Crippen LogP contribution in [0.4, 0.5) is 0 Å². The van der Waals surface area contributed by atoms with Crippen LogP contribution in [0.3, 0.4) is 0 Å². The van der Waals surface area contributed by atoms with Crippen LogP contribution in [0.1, 0.15) is 11.1 Å². The molecule has 0 bridgehead atoms. The van der Waals surface area contributed by atoms with Gasteiger partial charge in [-0.15, -0.1) is 0 Å². The lowest BCUT2D eigenvalue weighted by Gasteiger charge is -2.14. The standard InChI is InChI=1S/C41H23N7/c42-24-26-19-22-34(29(23-26)25-43)47-35-17-9-7-15-30(35)32-20-21-33-31-16-8-10-18-36(31)48(38(33)37(32)47)41-45-39(27-11-3-1-4-12-27)44-40(46-41)28-13-5-2-6-14-28/h1-23H. The quantitative estimate of drug-likeness (QED) is 0.197. The molecule has 222 valence electrons. The van der Waals surface area contributed by atoms with Crippen LogP contribution in [0.5, 0.6) is 0 Å². The maximum atomic E-state index is 10.3. The lowest BCUT2D eigenvalue weighted by molar-refractivity contribution is 0.953. The van der Waals surface area contributed by atoms with Gasteiger partial charge < -0.3 is 4.57 Å². The number of fused-ring (bicyclic) bond motifs is 7. The molecule has 0 saturated carbocycles. The van der Waals surface area contributed by atoms with E-state index in [2.05, 4.69) is 57.7 Å². The topological polar surface area (TPSA) is 96.1 Å². The SMILES string of the molecule is N#Cc1ccc(-n2c3ccccc3c3ccc4c5ccccc5n(-c5nc(-c6ccccc6)nc(-c6ccccc6)n5)c4c32)c(C#N)c1. The molecule has 6 aromatic carbocycles. The van der Waals surface area contributed by atoms with Gasteiger partial charge in [0.2, 0.25) is 5.95 Å². The highest BCUT2D eigenvalue weighted by atomic mass is 15.2. The van der Waals surface area contributed by atoms with Crippen LogP contribution in [-0.4, -0.2) is 24.1 Å². The average Bonchev–Trinajstić information content (AvgIpc) is 3.68. The van der Waals surface area contributed by atoms with Gasteiger partial charge >= 0.3 is 0 Å². The molecule has 0 atom stereocenters. The van der Waals surface area contributed by atoms with Crippen molar-refractivity contribution in [3.63, 3.8) is 0 Å². The van der Waals surface area contributed by atoms with E-state index in [4.69, 9.17) is 15.0 Å². The van der Waals surface area contributed by atoms with Crippen molar-refractivity contribution in [1.82, 2.24) is 24.1 Å². The maximum absolute atomic E-state index is 10.3. The number of para-hydroxylation sites is 2. The second kappa shape index (κ2) is 10.8. The first-order valence-corrected chi connectivity index (χ1v) is 15.5. The van der Waals surface area contributed by atoms with Gasteiger partial charge in [0.15, 0.2) is 11.6 Å². The Morgan fingerprint density at radius 3 is 1.54 bits per heavy atom. The molecule has 0 amide bonds. The molecule has 3 aromatic heterocycles. The monoisotopic (exact) mass is 613 g/mol. The largest absolute Gasteiger partial charge is 0.306 e. The lowest BCUT2D eigenvalue weighted by Crippen LogP contribution is -2.07. The van der Waals surface area contributed by atoms with Crippen molar-refractivity contribution in [3.8, 4) is 46.5 Å². The van der Waals surface area contributed by atoms with Gasteiger partial charge in [-0.25, -0.2) is 4.98 Å². The fourth-order valence-electron chi connectivity index (χ4n) is 6.75. The van der Waals surface area contributed by atoms with Gasteiger partial charge in [0.05, 0.1) is 45.0 Å². The Hall–Kier alpha value is -7.09. The summed E-state index contributed by atoms with van der Waals surface area (Å²) in [6.45, 7) is 0. The minimum Gasteiger partial charge on any atom is -0.306 e. The third-order valence-corrected chi connectivity index (χ3v) is 8.84. The summed E-state index contributed by atoms with van der Waals surface area (Å²) in [5.74, 6) is 1.62. The van der Waals surface area contributed by atoms with Gasteiger partial charge in [-0.3, -0.25) is 4.57 Å². The molecule has 0 radical (unpaired) electrons. The van der Waals surface area contributed by atoms with Crippen molar-refractivity contribution in [2.24, 2.45) is 0 Å². The number of benzene rings is 6. The molecule has 9 rings (SSSR count). The number of hydrogen-bond donors (Lipinski definition) is 0. The molecule has 0 aliphatic rings. The van der Waals surface area contributed by atoms with Gasteiger partial charge in [-0.2, -0.15) is 20.5 Å². The molecule has 7 nitrogen and oxygen atoms in total. The fraction of sp³-hybridized carbons (Fsp3) is 0. The highest BCUT2D eigenvalue weighted by Crippen LogP contribution is 2.42. The van der Waals surface area contributed by atoms with Crippen LogP contribution >= 0.6 is 0 Å². The van der Waals surface area contributed by atoms with E-state index >= 15 is 0 Å². The Balaban J connectivity index is 1.48. The number of aromatic nitrogens is 5. The van der Waals surface area contributed by atoms with Crippen LogP contribution in [-0.2, 0) is 0 Å². The Morgan fingerprint density at radius 1 is 0.458 bits per heavy atom. The van der Waals surface area contributed by atoms with Crippen molar-refractivity contribution in [1.29, 1.82) is 10.5 Å². The van der Waals surface area contributed by atoms with Crippen LogP contribution in [0.25, 0.3) is 78.0 Å². The molecule has 0 spiro atoms. The summed E-state index contributed by atoms with van der Waals surface area (Å²) in [4.78, 5) is 15.2. The van der Waals surface area contributed by atoms with Crippen LogP contribution in [0.2, 0.25) is 0 Å². The minimum atomic E-state index is 0.411. The van der Waals surface area contributed by atoms with Crippen molar-refractivity contribution in [2.75, 3.05) is 0 Å². The molecule has 7 heteroatoms. The summed E-state index contributed by atoms with van der Waals surface area (Å²) in [5.41, 5.74) is 7.01. The molecule has 9 aromatic rings. The number of rotatable bonds is 4. The minimum absolute atomic E-state index is 0.411. The molecule has 48 heavy (non-hydrogen) atoms. The summed E-state index contributed by atoms with van der Waals surface area (Å²) in [6.07, 6.45) is 0. The molecule has 0 saturated heterocycles. The van der Waals surface area contributed by atoms with E-state index in [9.17, 15) is 10.5 Å². The third-order valence-electron chi connectivity index (χ3n) is 8.84. The van der Waals surface area contributed by atoms with Gasteiger partial charge in [0.1, 0.15) is 6.07 Å². The zero-order valence-electron chi connectivity index (χ0n) is 25.4. The fourth-order valence-corrected chi connectivity index (χ4v) is 6.75. The molecule has 0 unspecified atom stereocenters. The average molecular weight is 614 g/mol. The second-order valence-corrected chi connectivity index (χ2v) is 11.5. The van der Waals surface area contributed by atoms with Gasteiger partial charge in [0.25, 0.3) is 0 Å². The molecule has 0 aliphatic heterocycles. The van der Waals surface area contributed by atoms with Crippen LogP contribution < -0.4 is 0 Å². The summed E-state index contributed by atoms with van der Waals surface area (Å²) < 4.78 is 4.26. The molecule has 0 fully saturated rings. The summed E-state index contributed by atoms with van der Waals surface area (Å²) in [6, 6.07) is 50.5. The first-order valence-electron chi connectivity index (χ1n) is 15.5. The van der Waals surface area contributed by atoms with E-state index in [0.717, 1.165) is 54.7 Å². The number of nitriles is 2. The Morgan fingerprint density at radius 2 is 0.979 bits per heavy atom. The summed E-state index contributed by atoms with van der Waals surface area (Å²) >= 11 is 0. The first kappa shape index (κ1) is 27.2. The Labute approximate surface area is 274 Å². The molecule has 3 heterocycles. The summed E-state index contributed by atoms with van der Waals surface area (Å²) in [5, 5.41) is 24.1. The molecule has 0 aliphatic carbocycles. The van der Waals surface area contributed by atoms with Gasteiger partial charge in [0, 0.05) is 32.7 Å². The van der Waals surface area contributed by atoms with Gasteiger partial charge in [-0.1, -0.05) is 109 Å². The Bertz CT molecular complexity index is 2740. The molecule has 0 N–H and O–H groups in total. The number of hydrogen-bond acceptors (Lipinski definition) is 5. The van der Waals surface area contributed by atoms with E-state index < -0.39 is 0 Å². The van der Waals surface area contributed by atoms with Crippen molar-refractivity contribution >= 4 is 43.6 Å². The highest BCUT2D eigenvalue weighted by Gasteiger charge is 2.24. The van der Waals surface area contributed by atoms with Crippen molar-refractivity contribution in [2.45, 2.75) is 0 Å². The zero-order chi connectivity index (χ0) is 32.2. The maximum Gasteiger partial charge on any atom is 0.238 e. The van der Waals surface area contributed by atoms with Gasteiger partial charge in [-0.05, 0) is 30.3 Å². The van der Waals surface area contributed by atoms with Crippen LogP contribution in [0.15, 0.2) is 140 Å². The summed E-state index contributed by atoms with van der Waals surface area (Å²) in [7, 11) is 0. The van der Waals surface area contributed by atoms with E-state index in [0.29, 0.717) is 34.4 Å².